The minimum Gasteiger partial charge on any atom is -0.405 e. The molecular weight excluding hydrogens is 298 g/mol. The number of hydrogen-bond donors (Lipinski definition) is 0. The van der Waals surface area contributed by atoms with E-state index in [0.717, 1.165) is 24.0 Å². The zero-order chi connectivity index (χ0) is 16.4. The zero-order valence-electron chi connectivity index (χ0n) is 13.4. The highest BCUT2D eigenvalue weighted by Gasteiger charge is 2.51. The second-order valence-corrected chi connectivity index (χ2v) is 6.37. The van der Waals surface area contributed by atoms with E-state index in [1.54, 1.807) is 0 Å². The van der Waals surface area contributed by atoms with Crippen molar-refractivity contribution < 1.29 is 9.53 Å². The van der Waals surface area contributed by atoms with Gasteiger partial charge in [-0.25, -0.2) is 9.79 Å². The monoisotopic (exact) mass is 317 g/mol. The number of cyclic esters (lactones) is 1. The molecule has 24 heavy (non-hydrogen) atoms. The lowest BCUT2D eigenvalue weighted by molar-refractivity contribution is -0.140. The summed E-state index contributed by atoms with van der Waals surface area (Å²) in [4.78, 5) is 17.7. The number of carbonyl (C=O) groups excluding carboxylic acids is 1. The molecule has 1 heterocycles. The van der Waals surface area contributed by atoms with E-state index in [1.165, 1.54) is 0 Å². The Morgan fingerprint density at radius 1 is 1.04 bits per heavy atom. The fourth-order valence-corrected chi connectivity index (χ4v) is 3.54. The molecule has 3 nitrogen and oxygen atoms in total. The highest BCUT2D eigenvalue weighted by molar-refractivity contribution is 6.08. The summed E-state index contributed by atoms with van der Waals surface area (Å²) in [6.45, 7) is 0. The summed E-state index contributed by atoms with van der Waals surface area (Å²) >= 11 is 0. The third-order valence-corrected chi connectivity index (χ3v) is 4.81. The number of carbonyl (C=O) groups is 1. The molecule has 4 rings (SSSR count). The Morgan fingerprint density at radius 2 is 1.75 bits per heavy atom. The van der Waals surface area contributed by atoms with Gasteiger partial charge in [0.2, 0.25) is 5.90 Å². The molecule has 0 N–H and O–H groups in total. The second kappa shape index (κ2) is 6.08. The van der Waals surface area contributed by atoms with Gasteiger partial charge in [-0.05, 0) is 30.5 Å². The maximum absolute atomic E-state index is 12.9. The lowest BCUT2D eigenvalue weighted by Gasteiger charge is -2.27. The molecule has 0 saturated carbocycles. The van der Waals surface area contributed by atoms with Crippen LogP contribution in [0.1, 0.15) is 24.0 Å². The van der Waals surface area contributed by atoms with E-state index in [-0.39, 0.29) is 11.9 Å². The Bertz CT molecular complexity index is 795. The van der Waals surface area contributed by atoms with Crippen molar-refractivity contribution in [2.24, 2.45) is 10.9 Å². The minimum absolute atomic E-state index is 0.0893. The number of benzene rings is 2. The van der Waals surface area contributed by atoms with Crippen LogP contribution in [0, 0.1) is 5.92 Å². The zero-order valence-corrected chi connectivity index (χ0v) is 13.4. The van der Waals surface area contributed by atoms with E-state index in [4.69, 9.17) is 9.73 Å². The summed E-state index contributed by atoms with van der Waals surface area (Å²) in [6, 6.07) is 19.7. The number of ether oxygens (including phenoxy) is 1. The van der Waals surface area contributed by atoms with Crippen LogP contribution in [0.4, 0.5) is 0 Å². The van der Waals surface area contributed by atoms with Gasteiger partial charge in [-0.2, -0.15) is 0 Å². The SMILES string of the molecule is O=C1OC(c2ccccc2)=NC1(Cc1ccccc1)C1C=CCC1. The van der Waals surface area contributed by atoms with Crippen LogP contribution < -0.4 is 0 Å². The number of esters is 1. The van der Waals surface area contributed by atoms with Gasteiger partial charge in [0.15, 0.2) is 5.54 Å². The quantitative estimate of drug-likeness (QED) is 0.633. The normalized spacial score (nSPS) is 25.6. The predicted molar refractivity (Wildman–Crippen MR) is 93.8 cm³/mol. The standard InChI is InChI=1S/C21H19NO2/c23-20-21(18-13-7-8-14-18,15-16-9-3-1-4-10-16)22-19(24-20)17-11-5-2-6-12-17/h1-7,9-13,18H,8,14-15H2. The highest BCUT2D eigenvalue weighted by atomic mass is 16.6. The number of nitrogens with zero attached hydrogens (tertiary/aromatic N) is 1. The summed E-state index contributed by atoms with van der Waals surface area (Å²) in [6.07, 6.45) is 6.76. The Hall–Kier alpha value is -2.68. The molecule has 0 aromatic heterocycles. The molecule has 0 bridgehead atoms. The van der Waals surface area contributed by atoms with Gasteiger partial charge >= 0.3 is 5.97 Å². The molecule has 1 aliphatic heterocycles. The van der Waals surface area contributed by atoms with Crippen molar-refractivity contribution in [3.8, 4) is 0 Å². The molecule has 2 aliphatic rings. The second-order valence-electron chi connectivity index (χ2n) is 6.37. The Labute approximate surface area is 141 Å². The van der Waals surface area contributed by atoms with Crippen molar-refractivity contribution in [3.63, 3.8) is 0 Å². The smallest absolute Gasteiger partial charge is 0.341 e. The maximum Gasteiger partial charge on any atom is 0.341 e. The molecule has 0 saturated heterocycles. The molecule has 2 atom stereocenters. The van der Waals surface area contributed by atoms with Gasteiger partial charge in [0.25, 0.3) is 0 Å². The van der Waals surface area contributed by atoms with E-state index >= 15 is 0 Å². The predicted octanol–water partition coefficient (Wildman–Crippen LogP) is 3.94. The van der Waals surface area contributed by atoms with Gasteiger partial charge < -0.3 is 4.74 Å². The molecule has 0 radical (unpaired) electrons. The molecular formula is C21H19NO2. The summed E-state index contributed by atoms with van der Waals surface area (Å²) in [5, 5.41) is 0. The number of allylic oxidation sites excluding steroid dienone is 1. The fourth-order valence-electron chi connectivity index (χ4n) is 3.54. The number of rotatable bonds is 4. The summed E-state index contributed by atoms with van der Waals surface area (Å²) in [7, 11) is 0. The summed E-state index contributed by atoms with van der Waals surface area (Å²) in [5.74, 6) is 0.296. The van der Waals surface area contributed by atoms with Gasteiger partial charge in [-0.3, -0.25) is 0 Å². The molecule has 120 valence electrons. The summed E-state index contributed by atoms with van der Waals surface area (Å²) < 4.78 is 5.63. The van der Waals surface area contributed by atoms with Gasteiger partial charge in [-0.1, -0.05) is 60.7 Å². The Kier molecular flexibility index (Phi) is 3.77. The van der Waals surface area contributed by atoms with Crippen LogP contribution in [-0.4, -0.2) is 17.4 Å². The topological polar surface area (TPSA) is 38.7 Å². The first-order valence-corrected chi connectivity index (χ1v) is 8.36. The average Bonchev–Trinajstić information content (AvgIpc) is 3.26. The van der Waals surface area contributed by atoms with Crippen LogP contribution in [-0.2, 0) is 16.0 Å². The Balaban J connectivity index is 1.76. The van der Waals surface area contributed by atoms with Crippen molar-refractivity contribution in [1.82, 2.24) is 0 Å². The fraction of sp³-hybridized carbons (Fsp3) is 0.238. The average molecular weight is 317 g/mol. The first-order valence-electron chi connectivity index (χ1n) is 8.36. The summed E-state index contributed by atoms with van der Waals surface area (Å²) in [5.41, 5.74) is 1.11. The van der Waals surface area contributed by atoms with Crippen LogP contribution in [0.25, 0.3) is 0 Å². The minimum atomic E-state index is -0.848. The molecule has 1 aliphatic carbocycles. The molecule has 0 spiro atoms. The van der Waals surface area contributed by atoms with E-state index in [9.17, 15) is 4.79 Å². The molecule has 2 aromatic carbocycles. The van der Waals surface area contributed by atoms with Crippen molar-refractivity contribution in [3.05, 3.63) is 83.9 Å². The third-order valence-electron chi connectivity index (χ3n) is 4.81. The van der Waals surface area contributed by atoms with Crippen molar-refractivity contribution >= 4 is 11.9 Å². The Morgan fingerprint density at radius 3 is 2.42 bits per heavy atom. The van der Waals surface area contributed by atoms with E-state index in [1.807, 2.05) is 60.7 Å². The third kappa shape index (κ3) is 2.56. The first kappa shape index (κ1) is 14.9. The molecule has 3 heteroatoms. The van der Waals surface area contributed by atoms with Gasteiger partial charge in [0.05, 0.1) is 0 Å². The van der Waals surface area contributed by atoms with Crippen molar-refractivity contribution in [2.45, 2.75) is 24.8 Å². The van der Waals surface area contributed by atoms with Crippen LogP contribution in [0.5, 0.6) is 0 Å². The van der Waals surface area contributed by atoms with E-state index in [2.05, 4.69) is 12.2 Å². The first-order chi connectivity index (χ1) is 11.8. The molecule has 0 amide bonds. The molecule has 2 aromatic rings. The molecule has 0 fully saturated rings. The number of aliphatic imine (C=N–C) groups is 1. The number of hydrogen-bond acceptors (Lipinski definition) is 3. The van der Waals surface area contributed by atoms with E-state index < -0.39 is 5.54 Å². The van der Waals surface area contributed by atoms with Gasteiger partial charge in [0.1, 0.15) is 0 Å². The van der Waals surface area contributed by atoms with Crippen molar-refractivity contribution in [1.29, 1.82) is 0 Å². The van der Waals surface area contributed by atoms with Gasteiger partial charge in [0, 0.05) is 17.9 Å². The van der Waals surface area contributed by atoms with Gasteiger partial charge in [-0.15, -0.1) is 0 Å². The highest BCUT2D eigenvalue weighted by Crippen LogP contribution is 2.39. The largest absolute Gasteiger partial charge is 0.405 e. The van der Waals surface area contributed by atoms with Crippen LogP contribution in [0.15, 0.2) is 77.8 Å². The maximum atomic E-state index is 12.9. The van der Waals surface area contributed by atoms with E-state index in [0.29, 0.717) is 12.3 Å². The lowest BCUT2D eigenvalue weighted by Crippen LogP contribution is -2.42. The lowest BCUT2D eigenvalue weighted by atomic mass is 9.79. The van der Waals surface area contributed by atoms with Crippen LogP contribution >= 0.6 is 0 Å². The van der Waals surface area contributed by atoms with Crippen LogP contribution in [0.2, 0.25) is 0 Å². The van der Waals surface area contributed by atoms with Crippen molar-refractivity contribution in [2.75, 3.05) is 0 Å². The molecule has 2 unspecified atom stereocenters. The van der Waals surface area contributed by atoms with Crippen LogP contribution in [0.3, 0.4) is 0 Å².